The first-order valence-corrected chi connectivity index (χ1v) is 3.40. The quantitative estimate of drug-likeness (QED) is 0.635. The van der Waals surface area contributed by atoms with Gasteiger partial charge in [-0.1, -0.05) is 18.2 Å². The molecule has 0 unspecified atom stereocenters. The van der Waals surface area contributed by atoms with E-state index in [0.717, 1.165) is 5.39 Å². The van der Waals surface area contributed by atoms with Gasteiger partial charge in [0.05, 0.1) is 0 Å². The standard InChI is InChI=1S/C9H7NO.FH.Mg.2H/c11-8-5-1-3-7-4-2-6-10-9(7)8;;;;/h1-6,11H;1H;;;. The highest BCUT2D eigenvalue weighted by molar-refractivity contribution is 5.83. The number of phenolic OH excluding ortho intramolecular Hbond substituents is 1. The molecule has 1 aromatic carbocycles. The van der Waals surface area contributed by atoms with Crippen molar-refractivity contribution in [3.63, 3.8) is 0 Å². The van der Waals surface area contributed by atoms with Crippen molar-refractivity contribution in [2.45, 2.75) is 0 Å². The van der Waals surface area contributed by atoms with Gasteiger partial charge in [-0.3, -0.25) is 9.69 Å². The number of halogens is 1. The molecule has 1 aromatic heterocycles. The number of aromatic hydroxyl groups is 1. The fourth-order valence-corrected chi connectivity index (χ4v) is 1.09. The molecule has 1 heterocycles. The van der Waals surface area contributed by atoms with Crippen molar-refractivity contribution in [2.24, 2.45) is 0 Å². The van der Waals surface area contributed by atoms with E-state index in [1.807, 2.05) is 18.2 Å². The van der Waals surface area contributed by atoms with Crippen LogP contribution < -0.4 is 0 Å². The van der Waals surface area contributed by atoms with E-state index in [1.165, 1.54) is 0 Å². The Hall–Kier alpha value is -0.874. The Labute approximate surface area is 91.1 Å². The summed E-state index contributed by atoms with van der Waals surface area (Å²) in [7, 11) is 0. The first-order valence-electron chi connectivity index (χ1n) is 3.40. The van der Waals surface area contributed by atoms with Gasteiger partial charge in [-0.15, -0.1) is 0 Å². The highest BCUT2D eigenvalue weighted by Crippen LogP contribution is 2.20. The number of nitrogens with zero attached hydrogens (tertiary/aromatic N) is 1. The predicted molar refractivity (Wildman–Crippen MR) is 54.5 cm³/mol. The summed E-state index contributed by atoms with van der Waals surface area (Å²) >= 11 is 0. The largest absolute Gasteiger partial charge is 0.506 e. The average Bonchev–Trinajstić information content (AvgIpc) is 2.06. The molecule has 0 radical (unpaired) electrons. The molecule has 2 rings (SSSR count). The van der Waals surface area contributed by atoms with Crippen molar-refractivity contribution in [2.75, 3.05) is 0 Å². The third kappa shape index (κ3) is 2.29. The lowest BCUT2D eigenvalue weighted by atomic mass is 10.2. The molecule has 2 aromatic rings. The van der Waals surface area contributed by atoms with Crippen LogP contribution in [-0.4, -0.2) is 33.1 Å². The summed E-state index contributed by atoms with van der Waals surface area (Å²) < 4.78 is 0. The van der Waals surface area contributed by atoms with Crippen LogP contribution in [-0.2, 0) is 0 Å². The van der Waals surface area contributed by atoms with Crippen LogP contribution in [0.3, 0.4) is 0 Å². The van der Waals surface area contributed by atoms with Crippen molar-refractivity contribution in [3.05, 3.63) is 36.5 Å². The highest BCUT2D eigenvalue weighted by Gasteiger charge is 1.96. The molecule has 0 aliphatic heterocycles. The molecule has 66 valence electrons. The predicted octanol–water partition coefficient (Wildman–Crippen LogP) is 1.18. The van der Waals surface area contributed by atoms with Crippen LogP contribution in [0, 0.1) is 0 Å². The van der Waals surface area contributed by atoms with Gasteiger partial charge in [0.15, 0.2) is 0 Å². The van der Waals surface area contributed by atoms with Crippen molar-refractivity contribution in [1.82, 2.24) is 4.98 Å². The van der Waals surface area contributed by atoms with E-state index in [-0.39, 0.29) is 33.5 Å². The van der Waals surface area contributed by atoms with E-state index >= 15 is 0 Å². The minimum atomic E-state index is 0. The van der Waals surface area contributed by atoms with E-state index < -0.39 is 0 Å². The Morgan fingerprint density at radius 2 is 1.77 bits per heavy atom. The summed E-state index contributed by atoms with van der Waals surface area (Å²) in [6.07, 6.45) is 1.67. The number of pyridine rings is 1. The molecular weight excluding hydrogens is 181 g/mol. The summed E-state index contributed by atoms with van der Waals surface area (Å²) in [6, 6.07) is 9.13. The third-order valence-electron chi connectivity index (χ3n) is 1.61. The second-order valence-electron chi connectivity index (χ2n) is 2.35. The Morgan fingerprint density at radius 3 is 2.46 bits per heavy atom. The van der Waals surface area contributed by atoms with E-state index in [1.54, 1.807) is 18.3 Å². The molecule has 0 fully saturated rings. The molecule has 0 saturated carbocycles. The van der Waals surface area contributed by atoms with Crippen molar-refractivity contribution < 1.29 is 9.81 Å². The van der Waals surface area contributed by atoms with Crippen LogP contribution in [0.25, 0.3) is 10.9 Å². The van der Waals surface area contributed by atoms with Crippen molar-refractivity contribution in [3.8, 4) is 5.75 Å². The molecule has 13 heavy (non-hydrogen) atoms. The fraction of sp³-hybridized carbons (Fsp3) is 0. The van der Waals surface area contributed by atoms with Gasteiger partial charge in [-0.25, -0.2) is 0 Å². The van der Waals surface area contributed by atoms with Gasteiger partial charge in [0.2, 0.25) is 0 Å². The molecule has 0 saturated heterocycles. The maximum absolute atomic E-state index is 9.31. The Kier molecular flexibility index (Phi) is 4.65. The highest BCUT2D eigenvalue weighted by atomic mass is 24.3. The van der Waals surface area contributed by atoms with Crippen LogP contribution in [0.4, 0.5) is 4.70 Å². The molecule has 0 bridgehead atoms. The number of benzene rings is 1. The first kappa shape index (κ1) is 12.1. The van der Waals surface area contributed by atoms with Crippen LogP contribution in [0.2, 0.25) is 0 Å². The van der Waals surface area contributed by atoms with Gasteiger partial charge >= 0.3 is 23.1 Å². The second-order valence-corrected chi connectivity index (χ2v) is 2.35. The Morgan fingerprint density at radius 1 is 1.08 bits per heavy atom. The van der Waals surface area contributed by atoms with E-state index in [9.17, 15) is 5.11 Å². The maximum Gasteiger partial charge on any atom is 0.316 e. The Bertz CT molecular complexity index is 389. The average molecular weight is 191 g/mol. The molecule has 1 N–H and O–H groups in total. The van der Waals surface area contributed by atoms with E-state index in [0.29, 0.717) is 5.52 Å². The lowest BCUT2D eigenvalue weighted by molar-refractivity contribution is 0.480. The number of phenols is 1. The van der Waals surface area contributed by atoms with Crippen LogP contribution >= 0.6 is 0 Å². The molecule has 0 atom stereocenters. The monoisotopic (exact) mass is 191 g/mol. The zero-order chi connectivity index (χ0) is 7.68. The molecule has 0 aliphatic rings. The van der Waals surface area contributed by atoms with Crippen LogP contribution in [0.15, 0.2) is 36.5 Å². The lowest BCUT2D eigenvalue weighted by Crippen LogP contribution is -1.76. The SMILES string of the molecule is F.Oc1cccc2cccnc12.[MgH2]. The van der Waals surface area contributed by atoms with Crippen LogP contribution in [0.5, 0.6) is 5.75 Å². The van der Waals surface area contributed by atoms with Crippen molar-refractivity contribution in [1.29, 1.82) is 0 Å². The van der Waals surface area contributed by atoms with Gasteiger partial charge in [0, 0.05) is 11.6 Å². The lowest BCUT2D eigenvalue weighted by Gasteiger charge is -1.96. The minimum absolute atomic E-state index is 0. The maximum atomic E-state index is 9.31. The van der Waals surface area contributed by atoms with E-state index in [2.05, 4.69) is 4.98 Å². The van der Waals surface area contributed by atoms with Gasteiger partial charge in [-0.05, 0) is 12.1 Å². The fourth-order valence-electron chi connectivity index (χ4n) is 1.09. The molecular formula is C9H10FMgNO. The number of hydrogen-bond donors (Lipinski definition) is 1. The van der Waals surface area contributed by atoms with Crippen molar-refractivity contribution >= 4 is 34.0 Å². The smallest absolute Gasteiger partial charge is 0.316 e. The molecule has 0 amide bonds. The van der Waals surface area contributed by atoms with Gasteiger partial charge < -0.3 is 5.11 Å². The summed E-state index contributed by atoms with van der Waals surface area (Å²) in [6.45, 7) is 0. The summed E-state index contributed by atoms with van der Waals surface area (Å²) in [4.78, 5) is 4.03. The number of hydrogen-bond acceptors (Lipinski definition) is 2. The Balaban J connectivity index is 0.000000720. The van der Waals surface area contributed by atoms with Gasteiger partial charge in [0.1, 0.15) is 11.3 Å². The van der Waals surface area contributed by atoms with Gasteiger partial charge in [-0.2, -0.15) is 0 Å². The zero-order valence-electron chi connectivity index (χ0n) is 6.27. The number of para-hydroxylation sites is 1. The number of fused-ring (bicyclic) bond motifs is 1. The zero-order valence-corrected chi connectivity index (χ0v) is 6.27. The number of aromatic nitrogens is 1. The molecule has 2 nitrogen and oxygen atoms in total. The summed E-state index contributed by atoms with van der Waals surface area (Å²) in [5.74, 6) is 0.239. The second kappa shape index (κ2) is 4.99. The minimum Gasteiger partial charge on any atom is -0.506 e. The molecule has 0 aliphatic carbocycles. The third-order valence-corrected chi connectivity index (χ3v) is 1.61. The topological polar surface area (TPSA) is 33.1 Å². The number of rotatable bonds is 0. The van der Waals surface area contributed by atoms with Gasteiger partial charge in [0.25, 0.3) is 0 Å². The summed E-state index contributed by atoms with van der Waals surface area (Å²) in [5, 5.41) is 10.3. The summed E-state index contributed by atoms with van der Waals surface area (Å²) in [5.41, 5.74) is 0.662. The first-order chi connectivity index (χ1) is 5.38. The van der Waals surface area contributed by atoms with E-state index in [4.69, 9.17) is 0 Å². The molecule has 4 heteroatoms. The van der Waals surface area contributed by atoms with Crippen LogP contribution in [0.1, 0.15) is 0 Å². The molecule has 0 spiro atoms. The normalized spacial score (nSPS) is 8.62.